The van der Waals surface area contributed by atoms with Crippen LogP contribution in [0.1, 0.15) is 31.7 Å². The van der Waals surface area contributed by atoms with Gasteiger partial charge in [0.1, 0.15) is 0 Å². The molecular weight excluding hydrogens is 292 g/mol. The number of nitrogens with zero attached hydrogens (tertiary/aromatic N) is 1. The van der Waals surface area contributed by atoms with Gasteiger partial charge in [-0.05, 0) is 31.0 Å². The minimum atomic E-state index is -0.0577. The molecule has 0 atom stereocenters. The molecule has 124 valence electrons. The zero-order valence-electron chi connectivity index (χ0n) is 13.6. The first-order valence-corrected chi connectivity index (χ1v) is 8.05. The van der Waals surface area contributed by atoms with Crippen molar-refractivity contribution in [3.63, 3.8) is 0 Å². The summed E-state index contributed by atoms with van der Waals surface area (Å²) in [7, 11) is 0. The average Bonchev–Trinajstić information content (AvgIpc) is 2.53. The van der Waals surface area contributed by atoms with Gasteiger partial charge in [0.2, 0.25) is 11.8 Å². The highest BCUT2D eigenvalue weighted by Crippen LogP contribution is 2.21. The van der Waals surface area contributed by atoms with Gasteiger partial charge in [-0.2, -0.15) is 0 Å². The largest absolute Gasteiger partial charge is 0.381 e. The highest BCUT2D eigenvalue weighted by Gasteiger charge is 2.23. The van der Waals surface area contributed by atoms with E-state index in [0.717, 1.165) is 29.9 Å². The van der Waals surface area contributed by atoms with E-state index in [2.05, 4.69) is 11.9 Å². The average molecular weight is 316 g/mol. The van der Waals surface area contributed by atoms with Gasteiger partial charge in [-0.1, -0.05) is 18.7 Å². The molecule has 1 aromatic carbocycles. The van der Waals surface area contributed by atoms with Crippen LogP contribution in [0.2, 0.25) is 0 Å². The van der Waals surface area contributed by atoms with E-state index >= 15 is 0 Å². The second-order valence-electron chi connectivity index (χ2n) is 5.55. The lowest BCUT2D eigenvalue weighted by Crippen LogP contribution is -2.39. The van der Waals surface area contributed by atoms with Gasteiger partial charge >= 0.3 is 0 Å². The molecule has 23 heavy (non-hydrogen) atoms. The zero-order valence-corrected chi connectivity index (χ0v) is 13.6. The molecule has 0 spiro atoms. The van der Waals surface area contributed by atoms with Crippen molar-refractivity contribution in [1.29, 1.82) is 0 Å². The number of rotatable bonds is 8. The number of nitrogens with one attached hydrogen (secondary N) is 1. The lowest BCUT2D eigenvalue weighted by Gasteiger charge is -2.33. The van der Waals surface area contributed by atoms with E-state index in [4.69, 9.17) is 4.74 Å². The molecular formula is C18H24N2O3. The maximum atomic E-state index is 11.9. The SMILES string of the molecule is C=C1CCN1C(=O)CCc1ccc(NC(=O)CCOCC)cc1. The summed E-state index contributed by atoms with van der Waals surface area (Å²) >= 11 is 0. The van der Waals surface area contributed by atoms with Gasteiger partial charge in [-0.3, -0.25) is 9.59 Å². The molecule has 0 unspecified atom stereocenters. The van der Waals surface area contributed by atoms with Crippen LogP contribution in [0.25, 0.3) is 0 Å². The third-order valence-corrected chi connectivity index (χ3v) is 3.85. The lowest BCUT2D eigenvalue weighted by atomic mass is 10.1. The van der Waals surface area contributed by atoms with Gasteiger partial charge in [0.05, 0.1) is 13.0 Å². The summed E-state index contributed by atoms with van der Waals surface area (Å²) < 4.78 is 5.15. The van der Waals surface area contributed by atoms with Gasteiger partial charge in [-0.15, -0.1) is 0 Å². The molecule has 1 aliphatic rings. The molecule has 1 saturated heterocycles. The van der Waals surface area contributed by atoms with Crippen molar-refractivity contribution in [3.8, 4) is 0 Å². The number of ether oxygens (including phenoxy) is 1. The van der Waals surface area contributed by atoms with E-state index in [1.165, 1.54) is 0 Å². The number of likely N-dealkylation sites (tertiary alicyclic amines) is 1. The molecule has 5 heteroatoms. The second-order valence-corrected chi connectivity index (χ2v) is 5.55. The Morgan fingerprint density at radius 1 is 1.26 bits per heavy atom. The molecule has 0 aliphatic carbocycles. The fraction of sp³-hybridized carbons (Fsp3) is 0.444. The third-order valence-electron chi connectivity index (χ3n) is 3.85. The Bertz CT molecular complexity index is 566. The molecule has 1 aliphatic heterocycles. The highest BCUT2D eigenvalue weighted by atomic mass is 16.5. The normalized spacial score (nSPS) is 13.6. The second kappa shape index (κ2) is 8.48. The first kappa shape index (κ1) is 17.2. The van der Waals surface area contributed by atoms with Crippen molar-refractivity contribution >= 4 is 17.5 Å². The summed E-state index contributed by atoms with van der Waals surface area (Å²) in [6, 6.07) is 7.61. The number of hydrogen-bond donors (Lipinski definition) is 1. The maximum absolute atomic E-state index is 11.9. The van der Waals surface area contributed by atoms with Crippen LogP contribution in [0, 0.1) is 0 Å². The number of hydrogen-bond acceptors (Lipinski definition) is 3. The van der Waals surface area contributed by atoms with Crippen LogP contribution in [-0.4, -0.2) is 36.5 Å². The minimum absolute atomic E-state index is 0.0577. The molecule has 1 fully saturated rings. The quantitative estimate of drug-likeness (QED) is 0.750. The van der Waals surface area contributed by atoms with Gasteiger partial charge in [-0.25, -0.2) is 0 Å². The number of amides is 2. The highest BCUT2D eigenvalue weighted by molar-refractivity contribution is 5.90. The van der Waals surface area contributed by atoms with Crippen LogP contribution < -0.4 is 5.32 Å². The van der Waals surface area contributed by atoms with Crippen molar-refractivity contribution in [3.05, 3.63) is 42.1 Å². The lowest BCUT2D eigenvalue weighted by molar-refractivity contribution is -0.131. The number of anilines is 1. The summed E-state index contributed by atoms with van der Waals surface area (Å²) in [5, 5.41) is 2.83. The first-order chi connectivity index (χ1) is 11.1. The molecule has 5 nitrogen and oxygen atoms in total. The van der Waals surface area contributed by atoms with Crippen LogP contribution >= 0.6 is 0 Å². The van der Waals surface area contributed by atoms with Crippen molar-refractivity contribution in [1.82, 2.24) is 4.90 Å². The Morgan fingerprint density at radius 2 is 2.00 bits per heavy atom. The van der Waals surface area contributed by atoms with Crippen molar-refractivity contribution < 1.29 is 14.3 Å². The fourth-order valence-corrected chi connectivity index (χ4v) is 2.36. The Morgan fingerprint density at radius 3 is 2.57 bits per heavy atom. The minimum Gasteiger partial charge on any atom is -0.381 e. The van der Waals surface area contributed by atoms with Gasteiger partial charge in [0, 0.05) is 37.4 Å². The van der Waals surface area contributed by atoms with Gasteiger partial charge in [0.25, 0.3) is 0 Å². The molecule has 1 N–H and O–H groups in total. The molecule has 0 saturated carbocycles. The molecule has 0 aromatic heterocycles. The van der Waals surface area contributed by atoms with Crippen LogP contribution in [0.15, 0.2) is 36.5 Å². The maximum Gasteiger partial charge on any atom is 0.227 e. The third kappa shape index (κ3) is 5.21. The summed E-state index contributed by atoms with van der Waals surface area (Å²) in [5.74, 6) is 0.0761. The molecule has 2 rings (SSSR count). The Labute approximate surface area is 137 Å². The smallest absolute Gasteiger partial charge is 0.227 e. The monoisotopic (exact) mass is 316 g/mol. The molecule has 1 heterocycles. The number of carbonyl (C=O) groups excluding carboxylic acids is 2. The van der Waals surface area contributed by atoms with Crippen molar-refractivity contribution in [2.45, 2.75) is 32.6 Å². The summed E-state index contributed by atoms with van der Waals surface area (Å²) in [4.78, 5) is 25.4. The summed E-state index contributed by atoms with van der Waals surface area (Å²) in [5.41, 5.74) is 2.76. The first-order valence-electron chi connectivity index (χ1n) is 8.05. The topological polar surface area (TPSA) is 58.6 Å². The molecule has 0 bridgehead atoms. The Hall–Kier alpha value is -2.14. The van der Waals surface area contributed by atoms with E-state index in [-0.39, 0.29) is 11.8 Å². The Balaban J connectivity index is 1.74. The summed E-state index contributed by atoms with van der Waals surface area (Å²) in [6.07, 6.45) is 2.45. The summed E-state index contributed by atoms with van der Waals surface area (Å²) in [6.45, 7) is 7.59. The molecule has 0 radical (unpaired) electrons. The zero-order chi connectivity index (χ0) is 16.7. The van der Waals surface area contributed by atoms with E-state index < -0.39 is 0 Å². The standard InChI is InChI=1S/C18H24N2O3/c1-3-23-13-11-17(21)19-16-7-4-15(5-8-16)6-9-18(22)20-12-10-14(20)2/h4-5,7-8H,2-3,6,9-13H2,1H3,(H,19,21). The van der Waals surface area contributed by atoms with Crippen LogP contribution in [-0.2, 0) is 20.7 Å². The molecule has 1 aromatic rings. The molecule has 2 amide bonds. The number of carbonyl (C=O) groups is 2. The van der Waals surface area contributed by atoms with Crippen LogP contribution in [0.4, 0.5) is 5.69 Å². The van der Waals surface area contributed by atoms with Gasteiger partial charge < -0.3 is 15.0 Å². The van der Waals surface area contributed by atoms with E-state index in [1.807, 2.05) is 31.2 Å². The predicted molar refractivity (Wildman–Crippen MR) is 90.0 cm³/mol. The predicted octanol–water partition coefficient (Wildman–Crippen LogP) is 2.73. The van der Waals surface area contributed by atoms with Crippen molar-refractivity contribution in [2.24, 2.45) is 0 Å². The Kier molecular flexibility index (Phi) is 6.35. The number of aryl methyl sites for hydroxylation is 1. The fourth-order valence-electron chi connectivity index (χ4n) is 2.36. The van der Waals surface area contributed by atoms with Gasteiger partial charge in [0.15, 0.2) is 0 Å². The van der Waals surface area contributed by atoms with E-state index in [9.17, 15) is 9.59 Å². The van der Waals surface area contributed by atoms with Crippen LogP contribution in [0.5, 0.6) is 0 Å². The van der Waals surface area contributed by atoms with Crippen molar-refractivity contribution in [2.75, 3.05) is 25.1 Å². The van der Waals surface area contributed by atoms with E-state index in [1.54, 1.807) is 4.90 Å². The number of benzene rings is 1. The van der Waals surface area contributed by atoms with E-state index in [0.29, 0.717) is 32.5 Å². The van der Waals surface area contributed by atoms with Crippen LogP contribution in [0.3, 0.4) is 0 Å².